The summed E-state index contributed by atoms with van der Waals surface area (Å²) in [5.41, 5.74) is 1.85. The van der Waals surface area contributed by atoms with Crippen LogP contribution in [-0.4, -0.2) is 29.7 Å². The van der Waals surface area contributed by atoms with Crippen LogP contribution in [0.3, 0.4) is 0 Å². The number of aliphatic imine (C=N–C) groups is 2. The molecular weight excluding hydrogens is 162 g/mol. The number of guanidine groups is 1. The van der Waals surface area contributed by atoms with Gasteiger partial charge in [-0.25, -0.2) is 9.98 Å². The number of hydrogen-bond donors (Lipinski definition) is 0. The molecule has 3 heteroatoms. The Balaban J connectivity index is 2.75. The lowest BCUT2D eigenvalue weighted by atomic mass is 10.2. The van der Waals surface area contributed by atoms with E-state index in [4.69, 9.17) is 0 Å². The highest BCUT2D eigenvalue weighted by Gasteiger charge is 2.17. The second kappa shape index (κ2) is 4.21. The van der Waals surface area contributed by atoms with E-state index in [2.05, 4.69) is 21.5 Å². The third-order valence-corrected chi connectivity index (χ3v) is 1.75. The first-order valence-corrected chi connectivity index (χ1v) is 4.60. The molecule has 1 fully saturated rings. The third kappa shape index (κ3) is 3.01. The standard InChI is InChI=1S/C10H17N3/c1-8(2)11-10(12-9(3)4)13-6-5-7-13/h1,5-7H2,2-4H3/b11-10+. The molecule has 0 bridgehead atoms. The molecule has 1 heterocycles. The number of rotatable bonds is 1. The molecule has 0 amide bonds. The van der Waals surface area contributed by atoms with E-state index < -0.39 is 0 Å². The first-order valence-electron chi connectivity index (χ1n) is 4.60. The van der Waals surface area contributed by atoms with Gasteiger partial charge in [-0.15, -0.1) is 0 Å². The first-order chi connectivity index (χ1) is 6.09. The van der Waals surface area contributed by atoms with Crippen LogP contribution in [0.5, 0.6) is 0 Å². The molecule has 0 radical (unpaired) electrons. The second-order valence-corrected chi connectivity index (χ2v) is 3.55. The third-order valence-electron chi connectivity index (χ3n) is 1.75. The first kappa shape index (κ1) is 9.96. The Morgan fingerprint density at radius 1 is 1.15 bits per heavy atom. The van der Waals surface area contributed by atoms with E-state index in [1.54, 1.807) is 0 Å². The molecule has 0 saturated carbocycles. The normalized spacial score (nSPS) is 16.5. The van der Waals surface area contributed by atoms with E-state index in [0.717, 1.165) is 30.5 Å². The lowest BCUT2D eigenvalue weighted by Crippen LogP contribution is -2.41. The largest absolute Gasteiger partial charge is 0.341 e. The zero-order valence-electron chi connectivity index (χ0n) is 8.67. The Kier molecular flexibility index (Phi) is 3.23. The van der Waals surface area contributed by atoms with E-state index in [1.807, 2.05) is 20.8 Å². The summed E-state index contributed by atoms with van der Waals surface area (Å²) in [4.78, 5) is 10.8. The van der Waals surface area contributed by atoms with Gasteiger partial charge >= 0.3 is 0 Å². The van der Waals surface area contributed by atoms with Crippen LogP contribution in [0.1, 0.15) is 27.2 Å². The minimum atomic E-state index is 0.812. The minimum absolute atomic E-state index is 0.812. The lowest BCUT2D eigenvalue weighted by molar-refractivity contribution is 0.296. The fraction of sp³-hybridized carbons (Fsp3) is 0.600. The fourth-order valence-corrected chi connectivity index (χ4v) is 1.05. The van der Waals surface area contributed by atoms with Gasteiger partial charge < -0.3 is 4.90 Å². The fourth-order valence-electron chi connectivity index (χ4n) is 1.05. The average molecular weight is 179 g/mol. The zero-order chi connectivity index (χ0) is 9.84. The highest BCUT2D eigenvalue weighted by molar-refractivity contribution is 5.95. The summed E-state index contributed by atoms with van der Waals surface area (Å²) in [6, 6.07) is 0. The molecule has 3 nitrogen and oxygen atoms in total. The predicted octanol–water partition coefficient (Wildman–Crippen LogP) is 2.06. The Morgan fingerprint density at radius 3 is 2.08 bits per heavy atom. The zero-order valence-corrected chi connectivity index (χ0v) is 8.67. The van der Waals surface area contributed by atoms with Gasteiger partial charge in [0.2, 0.25) is 5.96 Å². The molecule has 13 heavy (non-hydrogen) atoms. The quantitative estimate of drug-likeness (QED) is 0.447. The molecule has 0 aromatic carbocycles. The second-order valence-electron chi connectivity index (χ2n) is 3.55. The van der Waals surface area contributed by atoms with Gasteiger partial charge in [0.25, 0.3) is 0 Å². The topological polar surface area (TPSA) is 28.0 Å². The van der Waals surface area contributed by atoms with Crippen LogP contribution in [0, 0.1) is 0 Å². The van der Waals surface area contributed by atoms with Crippen molar-refractivity contribution < 1.29 is 0 Å². The lowest BCUT2D eigenvalue weighted by Gasteiger charge is -2.31. The Bertz CT molecular complexity index is 255. The van der Waals surface area contributed by atoms with Gasteiger partial charge in [0, 0.05) is 24.5 Å². The van der Waals surface area contributed by atoms with Gasteiger partial charge in [-0.2, -0.15) is 0 Å². The molecule has 0 aromatic heterocycles. The molecule has 0 atom stereocenters. The van der Waals surface area contributed by atoms with Gasteiger partial charge in [0.05, 0.1) is 0 Å². The number of nitrogens with zero attached hydrogens (tertiary/aromatic N) is 3. The summed E-state index contributed by atoms with van der Waals surface area (Å²) < 4.78 is 0. The summed E-state index contributed by atoms with van der Waals surface area (Å²) >= 11 is 0. The Labute approximate surface area is 79.9 Å². The van der Waals surface area contributed by atoms with Crippen molar-refractivity contribution in [3.63, 3.8) is 0 Å². The van der Waals surface area contributed by atoms with Gasteiger partial charge in [-0.1, -0.05) is 6.58 Å². The van der Waals surface area contributed by atoms with Crippen molar-refractivity contribution in [2.24, 2.45) is 9.98 Å². The number of hydrogen-bond acceptors (Lipinski definition) is 1. The van der Waals surface area contributed by atoms with Crippen LogP contribution in [0.15, 0.2) is 22.3 Å². The van der Waals surface area contributed by atoms with Gasteiger partial charge in [-0.05, 0) is 27.2 Å². The van der Waals surface area contributed by atoms with Crippen molar-refractivity contribution >= 4 is 11.7 Å². The van der Waals surface area contributed by atoms with E-state index in [9.17, 15) is 0 Å². The van der Waals surface area contributed by atoms with Crippen molar-refractivity contribution in [2.45, 2.75) is 27.2 Å². The van der Waals surface area contributed by atoms with Crippen molar-refractivity contribution in [3.8, 4) is 0 Å². The van der Waals surface area contributed by atoms with Crippen molar-refractivity contribution in [1.29, 1.82) is 0 Å². The van der Waals surface area contributed by atoms with Crippen molar-refractivity contribution in [2.75, 3.05) is 13.1 Å². The summed E-state index contributed by atoms with van der Waals surface area (Å²) in [6.07, 6.45) is 1.24. The molecule has 0 unspecified atom stereocenters. The molecule has 1 saturated heterocycles. The van der Waals surface area contributed by atoms with Crippen molar-refractivity contribution in [1.82, 2.24) is 4.90 Å². The smallest absolute Gasteiger partial charge is 0.225 e. The molecule has 0 N–H and O–H groups in total. The van der Waals surface area contributed by atoms with Crippen LogP contribution < -0.4 is 0 Å². The molecule has 0 spiro atoms. The maximum Gasteiger partial charge on any atom is 0.225 e. The highest BCUT2D eigenvalue weighted by Crippen LogP contribution is 2.09. The highest BCUT2D eigenvalue weighted by atomic mass is 15.3. The van der Waals surface area contributed by atoms with Gasteiger partial charge in [0.15, 0.2) is 0 Å². The summed E-state index contributed by atoms with van der Waals surface area (Å²) in [7, 11) is 0. The number of allylic oxidation sites excluding steroid dienone is 1. The van der Waals surface area contributed by atoms with Gasteiger partial charge in [0.1, 0.15) is 0 Å². The van der Waals surface area contributed by atoms with Crippen LogP contribution in [0.4, 0.5) is 0 Å². The molecule has 0 aliphatic carbocycles. The molecular formula is C10H17N3. The van der Waals surface area contributed by atoms with Crippen molar-refractivity contribution in [3.05, 3.63) is 12.3 Å². The van der Waals surface area contributed by atoms with E-state index >= 15 is 0 Å². The van der Waals surface area contributed by atoms with Crippen LogP contribution >= 0.6 is 0 Å². The maximum absolute atomic E-state index is 4.37. The number of likely N-dealkylation sites (tertiary alicyclic amines) is 1. The summed E-state index contributed by atoms with van der Waals surface area (Å²) in [5.74, 6) is 0.818. The maximum atomic E-state index is 4.37. The molecule has 1 aliphatic rings. The van der Waals surface area contributed by atoms with Crippen LogP contribution in [0.25, 0.3) is 0 Å². The average Bonchev–Trinajstić information content (AvgIpc) is 1.78. The SMILES string of the molecule is C=C(C)/N=C(\N=C(C)C)N1CCC1. The van der Waals surface area contributed by atoms with Crippen LogP contribution in [0.2, 0.25) is 0 Å². The monoisotopic (exact) mass is 179 g/mol. The van der Waals surface area contributed by atoms with Gasteiger partial charge in [-0.3, -0.25) is 0 Å². The minimum Gasteiger partial charge on any atom is -0.341 e. The van der Waals surface area contributed by atoms with E-state index in [0.29, 0.717) is 0 Å². The molecule has 0 aromatic rings. The summed E-state index contributed by atoms with van der Waals surface area (Å²) in [6.45, 7) is 11.8. The van der Waals surface area contributed by atoms with Crippen LogP contribution in [-0.2, 0) is 0 Å². The van der Waals surface area contributed by atoms with E-state index in [-0.39, 0.29) is 0 Å². The molecule has 1 aliphatic heterocycles. The molecule has 72 valence electrons. The van der Waals surface area contributed by atoms with E-state index in [1.165, 1.54) is 6.42 Å². The molecule has 1 rings (SSSR count). The Morgan fingerprint density at radius 2 is 1.77 bits per heavy atom. The Hall–Kier alpha value is -1.12. The summed E-state index contributed by atoms with van der Waals surface area (Å²) in [5, 5.41) is 0. The predicted molar refractivity (Wildman–Crippen MR) is 57.2 cm³/mol.